The summed E-state index contributed by atoms with van der Waals surface area (Å²) in [6, 6.07) is 2.54. The number of imide groups is 1. The summed E-state index contributed by atoms with van der Waals surface area (Å²) >= 11 is 0. The van der Waals surface area contributed by atoms with Crippen LogP contribution < -0.4 is 10.6 Å². The van der Waals surface area contributed by atoms with Crippen LogP contribution in [0.15, 0.2) is 18.2 Å². The summed E-state index contributed by atoms with van der Waals surface area (Å²) < 4.78 is 26.0. The smallest absolute Gasteiger partial charge is 0.325 e. The van der Waals surface area contributed by atoms with E-state index in [1.165, 1.54) is 6.07 Å². The van der Waals surface area contributed by atoms with Gasteiger partial charge in [0.2, 0.25) is 5.91 Å². The van der Waals surface area contributed by atoms with Gasteiger partial charge in [-0.1, -0.05) is 19.3 Å². The Kier molecular flexibility index (Phi) is 4.69. The van der Waals surface area contributed by atoms with Gasteiger partial charge in [0.05, 0.1) is 0 Å². The largest absolute Gasteiger partial charge is 0.326 e. The number of nitrogens with zero attached hydrogens (tertiary/aromatic N) is 1. The Morgan fingerprint density at radius 3 is 2.56 bits per heavy atom. The van der Waals surface area contributed by atoms with Crippen LogP contribution in [0.3, 0.4) is 0 Å². The summed E-state index contributed by atoms with van der Waals surface area (Å²) in [6.45, 7) is -0.0536. The fourth-order valence-corrected chi connectivity index (χ4v) is 3.38. The average molecular weight is 351 g/mol. The van der Waals surface area contributed by atoms with Crippen molar-refractivity contribution in [2.45, 2.75) is 44.1 Å². The number of carbonyl (C=O) groups is 3. The van der Waals surface area contributed by atoms with E-state index in [-0.39, 0.29) is 24.6 Å². The van der Waals surface area contributed by atoms with Gasteiger partial charge in [0.1, 0.15) is 5.54 Å². The van der Waals surface area contributed by atoms with E-state index in [1.54, 1.807) is 0 Å². The molecule has 2 N–H and O–H groups in total. The number of hydrogen-bond acceptors (Lipinski definition) is 3. The van der Waals surface area contributed by atoms with Gasteiger partial charge in [0.15, 0.2) is 11.6 Å². The molecule has 25 heavy (non-hydrogen) atoms. The third kappa shape index (κ3) is 3.47. The second kappa shape index (κ2) is 6.78. The normalized spacial score (nSPS) is 19.2. The van der Waals surface area contributed by atoms with Gasteiger partial charge in [-0.15, -0.1) is 0 Å². The number of urea groups is 1. The van der Waals surface area contributed by atoms with Crippen LogP contribution in [0.5, 0.6) is 0 Å². The topological polar surface area (TPSA) is 78.5 Å². The van der Waals surface area contributed by atoms with Crippen LogP contribution >= 0.6 is 0 Å². The Bertz CT molecular complexity index is 717. The highest BCUT2D eigenvalue weighted by atomic mass is 19.2. The van der Waals surface area contributed by atoms with Crippen LogP contribution in [0.4, 0.5) is 19.3 Å². The van der Waals surface area contributed by atoms with Crippen molar-refractivity contribution in [1.29, 1.82) is 0 Å². The molecule has 1 spiro atoms. The number of carbonyl (C=O) groups excluding carboxylic acids is 3. The van der Waals surface area contributed by atoms with Gasteiger partial charge < -0.3 is 10.6 Å². The fourth-order valence-electron chi connectivity index (χ4n) is 3.38. The summed E-state index contributed by atoms with van der Waals surface area (Å²) in [7, 11) is 0. The van der Waals surface area contributed by atoms with E-state index in [0.717, 1.165) is 36.3 Å². The molecule has 2 fully saturated rings. The highest BCUT2D eigenvalue weighted by molar-refractivity contribution is 6.07. The lowest BCUT2D eigenvalue weighted by molar-refractivity contribution is -0.132. The van der Waals surface area contributed by atoms with E-state index in [2.05, 4.69) is 10.6 Å². The van der Waals surface area contributed by atoms with Crippen molar-refractivity contribution in [3.05, 3.63) is 29.8 Å². The number of nitrogens with one attached hydrogen (secondary N) is 2. The van der Waals surface area contributed by atoms with Crippen LogP contribution in [0, 0.1) is 11.6 Å². The van der Waals surface area contributed by atoms with Crippen molar-refractivity contribution in [2.24, 2.45) is 0 Å². The molecule has 1 aliphatic heterocycles. The summed E-state index contributed by atoms with van der Waals surface area (Å²) in [5.74, 6) is -2.84. The second-order valence-electron chi connectivity index (χ2n) is 6.46. The molecule has 4 amide bonds. The first-order chi connectivity index (χ1) is 11.9. The Morgan fingerprint density at radius 2 is 1.88 bits per heavy atom. The van der Waals surface area contributed by atoms with Crippen molar-refractivity contribution >= 4 is 23.5 Å². The molecular weight excluding hydrogens is 332 g/mol. The Hall–Kier alpha value is -2.51. The van der Waals surface area contributed by atoms with Gasteiger partial charge in [-0.2, -0.15) is 0 Å². The molecule has 0 radical (unpaired) electrons. The molecule has 0 bridgehead atoms. The zero-order valence-electron chi connectivity index (χ0n) is 13.6. The zero-order chi connectivity index (χ0) is 18.0. The molecule has 1 aromatic rings. The lowest BCUT2D eigenvalue weighted by atomic mass is 9.82. The number of anilines is 1. The summed E-state index contributed by atoms with van der Waals surface area (Å²) in [5, 5.41) is 5.19. The minimum atomic E-state index is -1.06. The number of hydrogen-bond donors (Lipinski definition) is 2. The van der Waals surface area contributed by atoms with Crippen LogP contribution in [-0.4, -0.2) is 34.8 Å². The van der Waals surface area contributed by atoms with Crippen LogP contribution in [0.1, 0.15) is 38.5 Å². The molecular formula is C17H19F2N3O3. The summed E-state index contributed by atoms with van der Waals surface area (Å²) in [4.78, 5) is 37.7. The van der Waals surface area contributed by atoms with Crippen molar-refractivity contribution in [2.75, 3.05) is 11.9 Å². The molecule has 8 heteroatoms. The molecule has 1 aliphatic carbocycles. The molecule has 1 saturated heterocycles. The maximum absolute atomic E-state index is 13.1. The second-order valence-corrected chi connectivity index (χ2v) is 6.46. The van der Waals surface area contributed by atoms with E-state index >= 15 is 0 Å². The maximum atomic E-state index is 13.1. The zero-order valence-corrected chi connectivity index (χ0v) is 13.6. The van der Waals surface area contributed by atoms with Gasteiger partial charge in [0.25, 0.3) is 5.91 Å². The lowest BCUT2D eigenvalue weighted by Gasteiger charge is -2.30. The first-order valence-electron chi connectivity index (χ1n) is 8.30. The molecule has 6 nitrogen and oxygen atoms in total. The summed E-state index contributed by atoms with van der Waals surface area (Å²) in [6.07, 6.45) is 3.94. The van der Waals surface area contributed by atoms with E-state index in [9.17, 15) is 23.2 Å². The third-order valence-electron chi connectivity index (χ3n) is 4.72. The maximum Gasteiger partial charge on any atom is 0.325 e. The van der Waals surface area contributed by atoms with Gasteiger partial charge in [0, 0.05) is 24.7 Å². The van der Waals surface area contributed by atoms with E-state index in [1.807, 2.05) is 0 Å². The van der Waals surface area contributed by atoms with E-state index in [0.29, 0.717) is 12.8 Å². The molecule has 1 heterocycles. The molecule has 134 valence electrons. The van der Waals surface area contributed by atoms with Crippen molar-refractivity contribution in [1.82, 2.24) is 10.2 Å². The van der Waals surface area contributed by atoms with Gasteiger partial charge in [-0.3, -0.25) is 14.5 Å². The Morgan fingerprint density at radius 1 is 1.16 bits per heavy atom. The minimum absolute atomic E-state index is 0.0536. The van der Waals surface area contributed by atoms with Gasteiger partial charge in [-0.25, -0.2) is 13.6 Å². The number of amides is 4. The highest BCUT2D eigenvalue weighted by Gasteiger charge is 2.50. The lowest BCUT2D eigenvalue weighted by Crippen LogP contribution is -2.48. The molecule has 0 aromatic heterocycles. The van der Waals surface area contributed by atoms with Crippen LogP contribution in [-0.2, 0) is 9.59 Å². The average Bonchev–Trinajstić information content (AvgIpc) is 2.80. The molecule has 0 atom stereocenters. The molecule has 1 aromatic carbocycles. The van der Waals surface area contributed by atoms with E-state index in [4.69, 9.17) is 0 Å². The first kappa shape index (κ1) is 17.3. The molecule has 2 aliphatic rings. The molecule has 0 unspecified atom stereocenters. The fraction of sp³-hybridized carbons (Fsp3) is 0.471. The van der Waals surface area contributed by atoms with Crippen LogP contribution in [0.25, 0.3) is 0 Å². The third-order valence-corrected chi connectivity index (χ3v) is 4.72. The SMILES string of the molecule is O=C(CCN1C(=O)NC2(CCCCC2)C1=O)Nc1ccc(F)c(F)c1. The minimum Gasteiger partial charge on any atom is -0.326 e. The molecule has 1 saturated carbocycles. The van der Waals surface area contributed by atoms with Crippen molar-refractivity contribution in [3.63, 3.8) is 0 Å². The van der Waals surface area contributed by atoms with Gasteiger partial charge >= 0.3 is 6.03 Å². The number of benzene rings is 1. The van der Waals surface area contributed by atoms with E-state index < -0.39 is 29.1 Å². The first-order valence-corrected chi connectivity index (χ1v) is 8.30. The predicted octanol–water partition coefficient (Wildman–Crippen LogP) is 2.55. The molecule has 3 rings (SSSR count). The summed E-state index contributed by atoms with van der Waals surface area (Å²) in [5.41, 5.74) is -0.698. The predicted molar refractivity (Wildman–Crippen MR) is 85.7 cm³/mol. The highest BCUT2D eigenvalue weighted by Crippen LogP contribution is 2.33. The van der Waals surface area contributed by atoms with Crippen molar-refractivity contribution < 1.29 is 23.2 Å². The number of rotatable bonds is 4. The monoisotopic (exact) mass is 351 g/mol. The Labute approximate surface area is 143 Å². The Balaban J connectivity index is 1.57. The quantitative estimate of drug-likeness (QED) is 0.819. The van der Waals surface area contributed by atoms with Crippen LogP contribution in [0.2, 0.25) is 0 Å². The number of halogens is 2. The van der Waals surface area contributed by atoms with Gasteiger partial charge in [-0.05, 0) is 25.0 Å². The standard InChI is InChI=1S/C17H19F2N3O3/c18-12-5-4-11(10-13(12)19)20-14(23)6-9-22-15(24)17(21-16(22)25)7-2-1-3-8-17/h4-5,10H,1-3,6-9H2,(H,20,23)(H,21,25). The van der Waals surface area contributed by atoms with Crippen molar-refractivity contribution in [3.8, 4) is 0 Å².